The molecule has 1 aromatic rings. The largest absolute Gasteiger partial charge is 0.466 e. The molecule has 0 spiro atoms. The Morgan fingerprint density at radius 3 is 2.57 bits per heavy atom. The normalized spacial score (nSPS) is 25.3. The quantitative estimate of drug-likeness (QED) is 0.285. The lowest BCUT2D eigenvalue weighted by molar-refractivity contribution is -0.149. The molecular weight excluding hydrogens is 510 g/mol. The summed E-state index contributed by atoms with van der Waals surface area (Å²) < 4.78 is 19.9. The number of Topliss-reactive ketones (excluding diaryl/α,β-unsaturated/α-hetero) is 1. The van der Waals surface area contributed by atoms with Crippen molar-refractivity contribution in [2.75, 3.05) is 39.3 Å². The van der Waals surface area contributed by atoms with Crippen molar-refractivity contribution in [3.8, 4) is 0 Å². The van der Waals surface area contributed by atoms with Gasteiger partial charge in [-0.25, -0.2) is 4.39 Å². The molecule has 2 aliphatic heterocycles. The van der Waals surface area contributed by atoms with Crippen molar-refractivity contribution in [2.45, 2.75) is 50.3 Å². The minimum atomic E-state index is -0.536. The Balaban J connectivity index is 0.00000216. The van der Waals surface area contributed by atoms with Crippen LogP contribution in [0.3, 0.4) is 0 Å². The molecule has 3 unspecified atom stereocenters. The van der Waals surface area contributed by atoms with Gasteiger partial charge in [0, 0.05) is 42.9 Å². The summed E-state index contributed by atoms with van der Waals surface area (Å²) in [6.07, 6.45) is 6.70. The van der Waals surface area contributed by atoms with Gasteiger partial charge in [0.2, 0.25) is 0 Å². The molecule has 0 N–H and O–H groups in total. The van der Waals surface area contributed by atoms with Gasteiger partial charge in [-0.1, -0.05) is 24.3 Å². The van der Waals surface area contributed by atoms with Crippen LogP contribution in [0, 0.1) is 17.7 Å². The number of likely N-dealkylation sites (tertiary alicyclic amines) is 2. The predicted octanol–water partition coefficient (Wildman–Crippen LogP) is 4.90. The van der Waals surface area contributed by atoms with Crippen LogP contribution < -0.4 is 0 Å². The van der Waals surface area contributed by atoms with E-state index in [9.17, 15) is 14.0 Å². The third-order valence-electron chi connectivity index (χ3n) is 7.05. The van der Waals surface area contributed by atoms with Crippen molar-refractivity contribution in [1.82, 2.24) is 9.80 Å². The van der Waals surface area contributed by atoms with Crippen LogP contribution >= 0.6 is 37.4 Å². The van der Waals surface area contributed by atoms with Gasteiger partial charge in [-0.2, -0.15) is 12.6 Å². The van der Waals surface area contributed by atoms with Gasteiger partial charge in [0.1, 0.15) is 5.82 Å². The number of hydrogen-bond acceptors (Lipinski definition) is 6. The van der Waals surface area contributed by atoms with Crippen LogP contribution in [0.1, 0.15) is 50.6 Å². The Labute approximate surface area is 226 Å². The highest BCUT2D eigenvalue weighted by molar-refractivity contribution is 7.81. The highest BCUT2D eigenvalue weighted by Crippen LogP contribution is 2.39. The van der Waals surface area contributed by atoms with Gasteiger partial charge in [-0.15, -0.1) is 24.8 Å². The van der Waals surface area contributed by atoms with Crippen molar-refractivity contribution in [1.29, 1.82) is 0 Å². The number of esters is 1. The van der Waals surface area contributed by atoms with Crippen LogP contribution in [0.4, 0.5) is 4.39 Å². The summed E-state index contributed by atoms with van der Waals surface area (Å²) >= 11 is 4.81. The Morgan fingerprint density at radius 1 is 1.14 bits per heavy atom. The van der Waals surface area contributed by atoms with Gasteiger partial charge in [0.25, 0.3) is 0 Å². The number of halogens is 3. The fourth-order valence-corrected chi connectivity index (χ4v) is 5.35. The fraction of sp³-hybridized carbons (Fsp3) is 0.615. The minimum Gasteiger partial charge on any atom is -0.466 e. The van der Waals surface area contributed by atoms with E-state index in [1.54, 1.807) is 12.1 Å². The number of nitrogens with zero attached hydrogens (tertiary/aromatic N) is 2. The summed E-state index contributed by atoms with van der Waals surface area (Å²) in [6.45, 7) is 6.00. The SMILES string of the molecule is CCOC(=O)C1CCCN(CC=C2CN(C(C(=O)C3CC3)c3ccccc3F)CCC2S)C1.Cl.Cl. The molecule has 1 saturated carbocycles. The fourth-order valence-electron chi connectivity index (χ4n) is 5.05. The van der Waals surface area contributed by atoms with E-state index in [2.05, 4.69) is 15.9 Å². The van der Waals surface area contributed by atoms with E-state index >= 15 is 0 Å². The Hall–Kier alpha value is -1.12. The number of carbonyl (C=O) groups excluding carboxylic acids is 2. The summed E-state index contributed by atoms with van der Waals surface area (Å²) in [4.78, 5) is 29.8. The van der Waals surface area contributed by atoms with Crippen molar-refractivity contribution >= 4 is 49.2 Å². The van der Waals surface area contributed by atoms with E-state index in [4.69, 9.17) is 17.4 Å². The first kappa shape index (κ1) is 30.1. The molecule has 3 fully saturated rings. The lowest BCUT2D eigenvalue weighted by Gasteiger charge is -2.38. The molecule has 2 saturated heterocycles. The van der Waals surface area contributed by atoms with Crippen molar-refractivity contribution in [3.63, 3.8) is 0 Å². The third kappa shape index (κ3) is 7.68. The van der Waals surface area contributed by atoms with E-state index in [1.165, 1.54) is 11.6 Å². The molecule has 1 aromatic carbocycles. The smallest absolute Gasteiger partial charge is 0.310 e. The second-order valence-corrected chi connectivity index (χ2v) is 10.1. The Bertz CT molecular complexity index is 899. The van der Waals surface area contributed by atoms with Gasteiger partial charge in [-0.05, 0) is 57.2 Å². The van der Waals surface area contributed by atoms with E-state index in [-0.39, 0.29) is 59.5 Å². The van der Waals surface area contributed by atoms with Gasteiger partial charge < -0.3 is 4.74 Å². The van der Waals surface area contributed by atoms with Crippen molar-refractivity contribution < 1.29 is 18.7 Å². The molecule has 1 aliphatic carbocycles. The maximum atomic E-state index is 14.7. The Kier molecular flexibility index (Phi) is 12.0. The summed E-state index contributed by atoms with van der Waals surface area (Å²) in [5.41, 5.74) is 1.66. The average Bonchev–Trinajstić information content (AvgIpc) is 3.66. The number of piperidine rings is 2. The highest BCUT2D eigenvalue weighted by atomic mass is 35.5. The lowest BCUT2D eigenvalue weighted by atomic mass is 9.93. The number of rotatable bonds is 8. The van der Waals surface area contributed by atoms with E-state index < -0.39 is 6.04 Å². The van der Waals surface area contributed by atoms with Crippen LogP contribution in [0.5, 0.6) is 0 Å². The molecule has 2 heterocycles. The number of ether oxygens (including phenoxy) is 1. The van der Waals surface area contributed by atoms with Crippen LogP contribution in [0.15, 0.2) is 35.9 Å². The van der Waals surface area contributed by atoms with Crippen LogP contribution in [-0.2, 0) is 14.3 Å². The van der Waals surface area contributed by atoms with Gasteiger partial charge in [0.05, 0.1) is 18.6 Å². The van der Waals surface area contributed by atoms with Crippen LogP contribution in [0.25, 0.3) is 0 Å². The van der Waals surface area contributed by atoms with Crippen LogP contribution in [0.2, 0.25) is 0 Å². The standard InChI is InChI=1S/C26H35FN2O3S.2ClH/c1-2-32-26(31)20-6-5-13-28(16-20)14-11-19-17-29(15-12-23(19)33)24(25(30)18-9-10-18)21-7-3-4-8-22(21)27;;/h3-4,7-8,11,18,20,23-24,33H,2,5-6,9-10,12-17H2,1H3;2*1H. The van der Waals surface area contributed by atoms with E-state index in [0.717, 1.165) is 51.7 Å². The molecule has 0 radical (unpaired) electrons. The average molecular weight is 548 g/mol. The van der Waals surface area contributed by atoms with Crippen molar-refractivity contribution in [3.05, 3.63) is 47.3 Å². The number of carbonyl (C=O) groups is 2. The molecule has 3 aliphatic rings. The number of benzene rings is 1. The second kappa shape index (κ2) is 14.0. The first-order chi connectivity index (χ1) is 16.0. The van der Waals surface area contributed by atoms with Crippen LogP contribution in [-0.4, -0.2) is 66.1 Å². The molecule has 0 bridgehead atoms. The maximum Gasteiger partial charge on any atom is 0.310 e. The van der Waals surface area contributed by atoms with E-state index in [1.807, 2.05) is 13.0 Å². The molecule has 5 nitrogen and oxygen atoms in total. The molecule has 35 heavy (non-hydrogen) atoms. The Morgan fingerprint density at radius 2 is 1.89 bits per heavy atom. The first-order valence-corrected chi connectivity index (χ1v) is 12.8. The number of thiol groups is 1. The molecule has 3 atom stereocenters. The zero-order chi connectivity index (χ0) is 23.4. The molecule has 9 heteroatoms. The van der Waals surface area contributed by atoms with Crippen molar-refractivity contribution in [2.24, 2.45) is 11.8 Å². The van der Waals surface area contributed by atoms with Gasteiger partial charge in [-0.3, -0.25) is 19.4 Å². The zero-order valence-electron chi connectivity index (χ0n) is 20.2. The van der Waals surface area contributed by atoms with Gasteiger partial charge in [0.15, 0.2) is 5.78 Å². The third-order valence-corrected chi connectivity index (χ3v) is 7.64. The zero-order valence-corrected chi connectivity index (χ0v) is 22.8. The molecule has 4 rings (SSSR count). The molecular formula is C26H37Cl2FN2O3S. The predicted molar refractivity (Wildman–Crippen MR) is 144 cm³/mol. The molecule has 0 aromatic heterocycles. The summed E-state index contributed by atoms with van der Waals surface area (Å²) in [6, 6.07) is 6.14. The highest BCUT2D eigenvalue weighted by Gasteiger charge is 2.40. The van der Waals surface area contributed by atoms with E-state index in [0.29, 0.717) is 25.3 Å². The summed E-state index contributed by atoms with van der Waals surface area (Å²) in [5.74, 6) is -0.270. The maximum absolute atomic E-state index is 14.7. The molecule has 0 amide bonds. The topological polar surface area (TPSA) is 49.9 Å². The number of ketones is 1. The first-order valence-electron chi connectivity index (χ1n) is 12.3. The second-order valence-electron chi connectivity index (χ2n) is 9.51. The summed E-state index contributed by atoms with van der Waals surface area (Å²) in [5, 5.41) is 0.129. The number of hydrogen-bond donors (Lipinski definition) is 1. The summed E-state index contributed by atoms with van der Waals surface area (Å²) in [7, 11) is 0. The molecule has 196 valence electrons. The lowest BCUT2D eigenvalue weighted by Crippen LogP contribution is -2.43. The minimum absolute atomic E-state index is 0. The van der Waals surface area contributed by atoms with Gasteiger partial charge >= 0.3 is 5.97 Å². The monoisotopic (exact) mass is 546 g/mol.